The first-order valence-electron chi connectivity index (χ1n) is 7.16. The molecular formula is C14H22N2O7. The average Bonchev–Trinajstić information content (AvgIpc) is 2.48. The summed E-state index contributed by atoms with van der Waals surface area (Å²) in [6.45, 7) is 4.12. The first-order valence-corrected chi connectivity index (χ1v) is 7.16. The fourth-order valence-corrected chi connectivity index (χ4v) is 1.60. The zero-order valence-corrected chi connectivity index (χ0v) is 13.1. The summed E-state index contributed by atoms with van der Waals surface area (Å²) in [4.78, 5) is 14.1. The highest BCUT2D eigenvalue weighted by atomic mass is 17.0. The summed E-state index contributed by atoms with van der Waals surface area (Å²) < 4.78 is 10.5. The normalized spacial score (nSPS) is 12.0. The van der Waals surface area contributed by atoms with Crippen LogP contribution in [-0.2, 0) is 4.84 Å². The minimum Gasteiger partial charge on any atom is -0.504 e. The first kappa shape index (κ1) is 18.8. The minimum absolute atomic E-state index is 0.0276. The van der Waals surface area contributed by atoms with Gasteiger partial charge in [-0.15, -0.1) is 10.1 Å². The van der Waals surface area contributed by atoms with Gasteiger partial charge in [0, 0.05) is 18.7 Å². The molecule has 130 valence electrons. The van der Waals surface area contributed by atoms with E-state index in [1.165, 1.54) is 12.1 Å². The van der Waals surface area contributed by atoms with Gasteiger partial charge >= 0.3 is 0 Å². The van der Waals surface area contributed by atoms with Crippen LogP contribution < -0.4 is 14.8 Å². The number of aliphatic hydroxyl groups excluding tert-OH is 1. The van der Waals surface area contributed by atoms with Crippen LogP contribution >= 0.6 is 0 Å². The first-order chi connectivity index (χ1) is 10.9. The Hall–Kier alpha value is -2.26. The monoisotopic (exact) mass is 330 g/mol. The van der Waals surface area contributed by atoms with E-state index < -0.39 is 11.2 Å². The summed E-state index contributed by atoms with van der Waals surface area (Å²) in [5, 5.41) is 31.7. The smallest absolute Gasteiger partial charge is 0.294 e. The molecule has 0 radical (unpaired) electrons. The molecule has 0 bridgehead atoms. The van der Waals surface area contributed by atoms with Gasteiger partial charge in [0.1, 0.15) is 31.7 Å². The maximum atomic E-state index is 9.97. The number of phenols is 1. The number of nitrogens with zero attached hydrogens (tertiary/aromatic N) is 1. The van der Waals surface area contributed by atoms with Crippen molar-refractivity contribution in [3.63, 3.8) is 0 Å². The molecule has 1 atom stereocenters. The highest BCUT2D eigenvalue weighted by Gasteiger charge is 2.09. The number of rotatable bonds is 11. The van der Waals surface area contributed by atoms with E-state index in [0.717, 1.165) is 0 Å². The van der Waals surface area contributed by atoms with Gasteiger partial charge in [0.15, 0.2) is 11.5 Å². The van der Waals surface area contributed by atoms with Gasteiger partial charge in [-0.25, -0.2) is 0 Å². The van der Waals surface area contributed by atoms with Crippen molar-refractivity contribution < 1.29 is 29.6 Å². The summed E-state index contributed by atoms with van der Waals surface area (Å²) in [6.07, 6.45) is -0.702. The minimum atomic E-state index is -0.906. The number of hydrogen-bond acceptors (Lipinski definition) is 8. The molecule has 23 heavy (non-hydrogen) atoms. The van der Waals surface area contributed by atoms with Gasteiger partial charge in [-0.3, -0.25) is 0 Å². The van der Waals surface area contributed by atoms with Gasteiger partial charge in [-0.05, 0) is 12.1 Å². The summed E-state index contributed by atoms with van der Waals surface area (Å²) >= 11 is 0. The van der Waals surface area contributed by atoms with E-state index in [1.807, 2.05) is 13.8 Å². The number of phenolic OH excluding ortho intramolecular Hbond substituents is 1. The van der Waals surface area contributed by atoms with Crippen LogP contribution in [0.2, 0.25) is 0 Å². The number of hydrogen-bond donors (Lipinski definition) is 3. The average molecular weight is 330 g/mol. The second-order valence-corrected chi connectivity index (χ2v) is 5.06. The van der Waals surface area contributed by atoms with E-state index in [2.05, 4.69) is 10.2 Å². The van der Waals surface area contributed by atoms with Crippen molar-refractivity contribution in [1.29, 1.82) is 0 Å². The third-order valence-corrected chi connectivity index (χ3v) is 2.67. The molecule has 9 nitrogen and oxygen atoms in total. The van der Waals surface area contributed by atoms with Gasteiger partial charge in [0.2, 0.25) is 0 Å². The molecule has 1 aromatic rings. The lowest BCUT2D eigenvalue weighted by atomic mass is 10.3. The molecule has 1 rings (SSSR count). The Labute approximate surface area is 133 Å². The largest absolute Gasteiger partial charge is 0.504 e. The second-order valence-electron chi connectivity index (χ2n) is 5.06. The highest BCUT2D eigenvalue weighted by molar-refractivity contribution is 5.44. The lowest BCUT2D eigenvalue weighted by Crippen LogP contribution is -2.35. The molecule has 0 aromatic heterocycles. The molecule has 0 fully saturated rings. The Morgan fingerprint density at radius 2 is 2.04 bits per heavy atom. The van der Waals surface area contributed by atoms with Gasteiger partial charge in [0.25, 0.3) is 5.09 Å². The van der Waals surface area contributed by atoms with Crippen molar-refractivity contribution >= 4 is 0 Å². The molecule has 0 spiro atoms. The van der Waals surface area contributed by atoms with E-state index in [4.69, 9.17) is 9.47 Å². The zero-order valence-electron chi connectivity index (χ0n) is 13.1. The third-order valence-electron chi connectivity index (χ3n) is 2.67. The van der Waals surface area contributed by atoms with Crippen LogP contribution in [0.4, 0.5) is 0 Å². The number of nitrogens with one attached hydrogen (secondary N) is 1. The van der Waals surface area contributed by atoms with Crippen LogP contribution in [0, 0.1) is 10.1 Å². The summed E-state index contributed by atoms with van der Waals surface area (Å²) in [6, 6.07) is 4.61. The second kappa shape index (κ2) is 9.70. The van der Waals surface area contributed by atoms with Crippen LogP contribution in [0.5, 0.6) is 17.2 Å². The maximum Gasteiger partial charge on any atom is 0.294 e. The molecule has 9 heteroatoms. The van der Waals surface area contributed by atoms with E-state index in [-0.39, 0.29) is 37.4 Å². The molecular weight excluding hydrogens is 308 g/mol. The quantitative estimate of drug-likeness (QED) is 0.308. The van der Waals surface area contributed by atoms with Crippen molar-refractivity contribution in [1.82, 2.24) is 5.32 Å². The summed E-state index contributed by atoms with van der Waals surface area (Å²) in [5.41, 5.74) is 0. The van der Waals surface area contributed by atoms with Crippen molar-refractivity contribution in [3.8, 4) is 17.2 Å². The van der Waals surface area contributed by atoms with E-state index in [1.54, 1.807) is 6.07 Å². The van der Waals surface area contributed by atoms with Crippen LogP contribution in [0.1, 0.15) is 13.8 Å². The van der Waals surface area contributed by atoms with Gasteiger partial charge in [0.05, 0.1) is 0 Å². The third kappa shape index (κ3) is 8.07. The molecule has 0 saturated heterocycles. The topological polar surface area (TPSA) is 123 Å². The lowest BCUT2D eigenvalue weighted by Gasteiger charge is -2.16. The van der Waals surface area contributed by atoms with Gasteiger partial charge in [-0.1, -0.05) is 13.8 Å². The van der Waals surface area contributed by atoms with E-state index >= 15 is 0 Å². The van der Waals surface area contributed by atoms with Crippen LogP contribution in [0.25, 0.3) is 0 Å². The van der Waals surface area contributed by atoms with E-state index in [0.29, 0.717) is 12.3 Å². The predicted molar refractivity (Wildman–Crippen MR) is 81.2 cm³/mol. The Kier molecular flexibility index (Phi) is 7.92. The standard InChI is InChI=1S/C14H22N2O7/c1-10(2)15-8-11(17)9-22-14-4-3-12(7-13(14)18)21-5-6-23-16(19)20/h3-4,7,10-11,15,17-18H,5-6,8-9H2,1-2H3. The van der Waals surface area contributed by atoms with Gasteiger partial charge in [-0.2, -0.15) is 0 Å². The van der Waals surface area contributed by atoms with Gasteiger partial charge < -0.3 is 29.8 Å². The van der Waals surface area contributed by atoms with Crippen molar-refractivity contribution in [2.45, 2.75) is 26.0 Å². The Morgan fingerprint density at radius 3 is 2.65 bits per heavy atom. The molecule has 3 N–H and O–H groups in total. The molecule has 0 amide bonds. The lowest BCUT2D eigenvalue weighted by molar-refractivity contribution is -0.757. The number of aliphatic hydroxyl groups is 1. The fraction of sp³-hybridized carbons (Fsp3) is 0.571. The number of benzene rings is 1. The SMILES string of the molecule is CC(C)NCC(O)COc1ccc(OCCO[N+](=O)[O-])cc1O. The number of aromatic hydroxyl groups is 1. The van der Waals surface area contributed by atoms with Crippen molar-refractivity contribution in [2.24, 2.45) is 0 Å². The van der Waals surface area contributed by atoms with Crippen molar-refractivity contribution in [2.75, 3.05) is 26.4 Å². The van der Waals surface area contributed by atoms with Crippen LogP contribution in [-0.4, -0.2) is 53.8 Å². The van der Waals surface area contributed by atoms with Crippen molar-refractivity contribution in [3.05, 3.63) is 28.3 Å². The predicted octanol–water partition coefficient (Wildman–Crippen LogP) is 0.717. The van der Waals surface area contributed by atoms with E-state index in [9.17, 15) is 20.3 Å². The Morgan fingerprint density at radius 1 is 1.30 bits per heavy atom. The molecule has 0 aliphatic rings. The summed E-state index contributed by atoms with van der Waals surface area (Å²) in [7, 11) is 0. The zero-order chi connectivity index (χ0) is 17.2. The molecule has 0 saturated carbocycles. The Balaban J connectivity index is 2.39. The fourth-order valence-electron chi connectivity index (χ4n) is 1.60. The molecule has 0 aliphatic heterocycles. The maximum absolute atomic E-state index is 9.97. The number of ether oxygens (including phenoxy) is 2. The Bertz CT molecular complexity index is 496. The molecule has 1 unspecified atom stereocenters. The molecule has 0 heterocycles. The summed E-state index contributed by atoms with van der Waals surface area (Å²) in [5.74, 6) is 0.382. The molecule has 0 aliphatic carbocycles. The molecule has 1 aromatic carbocycles. The van der Waals surface area contributed by atoms with Crippen LogP contribution in [0.3, 0.4) is 0 Å². The highest BCUT2D eigenvalue weighted by Crippen LogP contribution is 2.30. The van der Waals surface area contributed by atoms with Crippen LogP contribution in [0.15, 0.2) is 18.2 Å².